The SMILES string of the molecule is CCn1nccc1C(=O)N[C@H](c1cn2nc(C[C@H]3C[C@@H](C(F)(F)F)CNC3=O)c(C3CCS(=O)(=O)CC3)nc2n1)C1CCC(F)(F)CC1. The highest BCUT2D eigenvalue weighted by Crippen LogP contribution is 2.42. The topological polar surface area (TPSA) is 153 Å². The largest absolute Gasteiger partial charge is 0.393 e. The van der Waals surface area contributed by atoms with E-state index in [1.54, 1.807) is 6.07 Å². The molecule has 0 radical (unpaired) electrons. The lowest BCUT2D eigenvalue weighted by atomic mass is 9.81. The van der Waals surface area contributed by atoms with Gasteiger partial charge in [0.2, 0.25) is 11.8 Å². The second-order valence-corrected chi connectivity index (χ2v) is 15.4. The third-order valence-electron chi connectivity index (χ3n) is 9.83. The first kappa shape index (κ1) is 34.2. The highest BCUT2D eigenvalue weighted by atomic mass is 32.2. The standard InChI is InChI=1S/C30H37F5N8O4S/c1-2-42-23(5-10-37-42)27(45)39-25(17-3-8-29(31,32)9-4-17)22-16-43-28(38-22)40-24(18-6-11-48(46,47)12-7-18)21(41-43)14-19-13-20(30(33,34)35)15-36-26(19)44/h5,10,16-20,25H,2-4,6-9,11-15H2,1H3,(H,36,44)(H,39,45)/t19-,20-,25+/m1/s1. The van der Waals surface area contributed by atoms with Crippen molar-refractivity contribution in [3.05, 3.63) is 41.2 Å². The van der Waals surface area contributed by atoms with Gasteiger partial charge in [0.05, 0.1) is 46.7 Å². The predicted molar refractivity (Wildman–Crippen MR) is 161 cm³/mol. The molecule has 3 aromatic rings. The number of aryl methyl sites for hydroxylation is 1. The number of amides is 2. The Morgan fingerprint density at radius 2 is 1.85 bits per heavy atom. The Balaban J connectivity index is 1.37. The molecule has 0 unspecified atom stereocenters. The predicted octanol–water partition coefficient (Wildman–Crippen LogP) is 3.79. The zero-order valence-electron chi connectivity index (χ0n) is 26.2. The number of nitrogens with one attached hydrogen (secondary N) is 2. The number of alkyl halides is 5. The summed E-state index contributed by atoms with van der Waals surface area (Å²) < 4.78 is 96.3. The van der Waals surface area contributed by atoms with Crippen LogP contribution in [0.2, 0.25) is 0 Å². The van der Waals surface area contributed by atoms with Gasteiger partial charge < -0.3 is 10.6 Å². The Morgan fingerprint density at radius 1 is 1.15 bits per heavy atom. The average Bonchev–Trinajstić information content (AvgIpc) is 3.67. The van der Waals surface area contributed by atoms with Crippen molar-refractivity contribution in [3.8, 4) is 0 Å². The van der Waals surface area contributed by atoms with Crippen LogP contribution in [0.5, 0.6) is 0 Å². The number of hydrogen-bond donors (Lipinski definition) is 2. The molecular weight excluding hydrogens is 663 g/mol. The van der Waals surface area contributed by atoms with Crippen molar-refractivity contribution in [3.63, 3.8) is 0 Å². The maximum Gasteiger partial charge on any atom is 0.393 e. The van der Waals surface area contributed by atoms with Gasteiger partial charge >= 0.3 is 6.18 Å². The van der Waals surface area contributed by atoms with E-state index in [9.17, 15) is 40.0 Å². The van der Waals surface area contributed by atoms with Crippen LogP contribution in [0.4, 0.5) is 22.0 Å². The van der Waals surface area contributed by atoms with E-state index in [-0.39, 0.29) is 73.6 Å². The first-order valence-electron chi connectivity index (χ1n) is 16.1. The quantitative estimate of drug-likeness (QED) is 0.337. The van der Waals surface area contributed by atoms with Crippen LogP contribution in [0.25, 0.3) is 5.78 Å². The van der Waals surface area contributed by atoms with Gasteiger partial charge in [0.1, 0.15) is 15.5 Å². The van der Waals surface area contributed by atoms with Gasteiger partial charge in [0, 0.05) is 50.4 Å². The monoisotopic (exact) mass is 700 g/mol. The van der Waals surface area contributed by atoms with Crippen LogP contribution in [0.1, 0.15) is 91.4 Å². The van der Waals surface area contributed by atoms with Gasteiger partial charge in [-0.25, -0.2) is 31.7 Å². The molecule has 3 aromatic heterocycles. The Bertz CT molecular complexity index is 1770. The molecule has 6 rings (SSSR count). The van der Waals surface area contributed by atoms with Crippen LogP contribution in [0.3, 0.4) is 0 Å². The van der Waals surface area contributed by atoms with Crippen LogP contribution in [0.15, 0.2) is 18.5 Å². The highest BCUT2D eigenvalue weighted by Gasteiger charge is 2.45. The molecule has 2 N–H and O–H groups in total. The fraction of sp³-hybridized carbons (Fsp3) is 0.667. The van der Waals surface area contributed by atoms with Gasteiger partial charge in [-0.2, -0.15) is 23.4 Å². The number of halogens is 5. The minimum atomic E-state index is -4.50. The third kappa shape index (κ3) is 7.32. The second kappa shape index (κ2) is 13.0. The molecular formula is C30H37F5N8O4S. The number of aromatic nitrogens is 6. The lowest BCUT2D eigenvalue weighted by molar-refractivity contribution is -0.183. The van der Waals surface area contributed by atoms with Crippen molar-refractivity contribution in [2.24, 2.45) is 17.8 Å². The minimum Gasteiger partial charge on any atom is -0.355 e. The van der Waals surface area contributed by atoms with Crippen molar-refractivity contribution >= 4 is 27.4 Å². The van der Waals surface area contributed by atoms with E-state index >= 15 is 0 Å². The number of carbonyl (C=O) groups is 2. The zero-order chi connectivity index (χ0) is 34.4. The van der Waals surface area contributed by atoms with Crippen LogP contribution in [-0.2, 0) is 27.6 Å². The van der Waals surface area contributed by atoms with Gasteiger partial charge in [-0.3, -0.25) is 14.3 Å². The average molecular weight is 701 g/mol. The summed E-state index contributed by atoms with van der Waals surface area (Å²) in [6.45, 7) is 1.73. The molecule has 3 fully saturated rings. The molecule has 0 aromatic carbocycles. The fourth-order valence-electron chi connectivity index (χ4n) is 7.05. The van der Waals surface area contributed by atoms with Gasteiger partial charge in [-0.15, -0.1) is 0 Å². The molecule has 48 heavy (non-hydrogen) atoms. The van der Waals surface area contributed by atoms with E-state index in [1.807, 2.05) is 6.92 Å². The van der Waals surface area contributed by atoms with Crippen LogP contribution in [0, 0.1) is 17.8 Å². The molecule has 2 saturated heterocycles. The van der Waals surface area contributed by atoms with Crippen LogP contribution >= 0.6 is 0 Å². The molecule has 262 valence electrons. The van der Waals surface area contributed by atoms with Crippen LogP contribution < -0.4 is 10.6 Å². The zero-order valence-corrected chi connectivity index (χ0v) is 27.0. The van der Waals surface area contributed by atoms with E-state index < -0.39 is 76.4 Å². The molecule has 0 spiro atoms. The summed E-state index contributed by atoms with van der Waals surface area (Å²) in [6.07, 6.45) is -2.15. The maximum atomic E-state index is 14.2. The Kier molecular flexibility index (Phi) is 9.23. The molecule has 2 aliphatic heterocycles. The number of piperidine rings is 1. The van der Waals surface area contributed by atoms with E-state index in [2.05, 4.69) is 25.8 Å². The van der Waals surface area contributed by atoms with E-state index in [1.165, 1.54) is 21.6 Å². The molecule has 3 atom stereocenters. The third-order valence-corrected chi connectivity index (χ3v) is 11.5. The van der Waals surface area contributed by atoms with Gasteiger partial charge in [0.25, 0.3) is 11.7 Å². The van der Waals surface area contributed by atoms with E-state index in [4.69, 9.17) is 4.98 Å². The summed E-state index contributed by atoms with van der Waals surface area (Å²) in [5.41, 5.74) is 1.20. The number of sulfone groups is 1. The summed E-state index contributed by atoms with van der Waals surface area (Å²) in [7, 11) is -3.26. The molecule has 1 aliphatic carbocycles. The molecule has 2 amide bonds. The van der Waals surface area contributed by atoms with Crippen molar-refractivity contribution < 1.29 is 40.0 Å². The van der Waals surface area contributed by atoms with Gasteiger partial charge in [0.15, 0.2) is 0 Å². The minimum absolute atomic E-state index is 0.0948. The van der Waals surface area contributed by atoms with Gasteiger partial charge in [-0.1, -0.05) is 0 Å². The number of nitrogens with zero attached hydrogens (tertiary/aromatic N) is 6. The van der Waals surface area contributed by atoms with Gasteiger partial charge in [-0.05, 0) is 51.0 Å². The lowest BCUT2D eigenvalue weighted by Gasteiger charge is -2.33. The Labute approximate surface area is 273 Å². The molecule has 18 heteroatoms. The normalized spacial score (nSPS) is 24.3. The summed E-state index contributed by atoms with van der Waals surface area (Å²) in [5.74, 6) is -7.50. The first-order valence-corrected chi connectivity index (χ1v) is 18.0. The highest BCUT2D eigenvalue weighted by molar-refractivity contribution is 7.91. The molecule has 1 saturated carbocycles. The van der Waals surface area contributed by atoms with Crippen molar-refractivity contribution in [1.82, 2.24) is 40.0 Å². The maximum absolute atomic E-state index is 14.2. The van der Waals surface area contributed by atoms with E-state index in [0.29, 0.717) is 17.9 Å². The number of imidazole rings is 1. The molecule has 12 nitrogen and oxygen atoms in total. The Hall–Kier alpha value is -3.70. The van der Waals surface area contributed by atoms with Crippen molar-refractivity contribution in [2.45, 2.75) is 88.9 Å². The fourth-order valence-corrected chi connectivity index (χ4v) is 8.54. The van der Waals surface area contributed by atoms with E-state index in [0.717, 1.165) is 0 Å². The number of fused-ring (bicyclic) bond motifs is 1. The summed E-state index contributed by atoms with van der Waals surface area (Å²) in [5, 5.41) is 14.1. The van der Waals surface area contributed by atoms with Crippen LogP contribution in [-0.4, -0.2) is 79.7 Å². The number of hydrogen-bond acceptors (Lipinski definition) is 8. The molecule has 0 bridgehead atoms. The summed E-state index contributed by atoms with van der Waals surface area (Å²) in [4.78, 5) is 35.5. The lowest BCUT2D eigenvalue weighted by Crippen LogP contribution is -2.47. The number of rotatable bonds is 8. The van der Waals surface area contributed by atoms with Crippen molar-refractivity contribution in [1.29, 1.82) is 0 Å². The summed E-state index contributed by atoms with van der Waals surface area (Å²) in [6, 6.07) is 0.742. The molecule has 3 aliphatic rings. The Morgan fingerprint density at radius 3 is 2.52 bits per heavy atom. The first-order chi connectivity index (χ1) is 22.6. The molecule has 5 heterocycles. The smallest absolute Gasteiger partial charge is 0.355 e. The summed E-state index contributed by atoms with van der Waals surface area (Å²) >= 11 is 0. The number of carbonyl (C=O) groups excluding carboxylic acids is 2. The van der Waals surface area contributed by atoms with Crippen molar-refractivity contribution in [2.75, 3.05) is 18.1 Å². The second-order valence-electron chi connectivity index (χ2n) is 13.1.